The molecule has 1 aliphatic rings. The number of sulfonamides is 1. The summed E-state index contributed by atoms with van der Waals surface area (Å²) in [6, 6.07) is 4.79. The van der Waals surface area contributed by atoms with Crippen LogP contribution in [0.2, 0.25) is 0 Å². The molecular formula is C15H21N3O4S. The Bertz CT molecular complexity index is 715. The number of nitrogens with zero attached hydrogens (tertiary/aromatic N) is 1. The van der Waals surface area contributed by atoms with Crippen molar-refractivity contribution in [3.63, 3.8) is 0 Å². The zero-order valence-electron chi connectivity index (χ0n) is 13.3. The van der Waals surface area contributed by atoms with Gasteiger partial charge in [-0.2, -0.15) is 0 Å². The lowest BCUT2D eigenvalue weighted by atomic mass is 10.0. The topological polar surface area (TPSA) is 95.6 Å². The number of aryl methyl sites for hydroxylation is 1. The highest BCUT2D eigenvalue weighted by atomic mass is 32.2. The molecule has 0 atom stereocenters. The second kappa shape index (κ2) is 7.10. The minimum absolute atomic E-state index is 0.0317. The third kappa shape index (κ3) is 4.29. The monoisotopic (exact) mass is 339 g/mol. The van der Waals surface area contributed by atoms with E-state index in [2.05, 4.69) is 10.0 Å². The van der Waals surface area contributed by atoms with Crippen LogP contribution in [0.5, 0.6) is 0 Å². The van der Waals surface area contributed by atoms with Crippen LogP contribution in [0.25, 0.3) is 0 Å². The second-order valence-electron chi connectivity index (χ2n) is 5.48. The third-order valence-corrected chi connectivity index (χ3v) is 5.18. The van der Waals surface area contributed by atoms with Crippen LogP contribution in [-0.2, 0) is 26.0 Å². The number of nitrogens with one attached hydrogen (secondary N) is 2. The molecule has 1 aliphatic heterocycles. The van der Waals surface area contributed by atoms with E-state index in [1.165, 1.54) is 13.0 Å². The lowest BCUT2D eigenvalue weighted by Gasteiger charge is -2.26. The standard InChI is InChI=1S/C15H21N3O4S/c1-11(19)16-8-3-9-17-23(21,22)13-5-6-14-12(10-13)4-7-15(20)18(14)2/h5-6,10,17H,3-4,7-9H2,1-2H3,(H,16,19). The van der Waals surface area contributed by atoms with E-state index in [4.69, 9.17) is 0 Å². The molecule has 2 rings (SSSR count). The predicted octanol–water partition coefficient (Wildman–Crippen LogP) is 0.400. The van der Waals surface area contributed by atoms with Gasteiger partial charge in [-0.25, -0.2) is 13.1 Å². The van der Waals surface area contributed by atoms with Gasteiger partial charge >= 0.3 is 0 Å². The summed E-state index contributed by atoms with van der Waals surface area (Å²) in [5, 5.41) is 2.61. The molecule has 2 amide bonds. The van der Waals surface area contributed by atoms with Crippen molar-refractivity contribution in [1.82, 2.24) is 10.0 Å². The Morgan fingerprint density at radius 1 is 1.26 bits per heavy atom. The van der Waals surface area contributed by atoms with Crippen molar-refractivity contribution in [3.05, 3.63) is 23.8 Å². The van der Waals surface area contributed by atoms with Crippen LogP contribution < -0.4 is 14.9 Å². The predicted molar refractivity (Wildman–Crippen MR) is 86.7 cm³/mol. The van der Waals surface area contributed by atoms with Gasteiger partial charge in [-0.15, -0.1) is 0 Å². The zero-order valence-corrected chi connectivity index (χ0v) is 14.1. The number of carbonyl (C=O) groups is 2. The summed E-state index contributed by atoms with van der Waals surface area (Å²) in [6.07, 6.45) is 1.45. The largest absolute Gasteiger partial charge is 0.356 e. The van der Waals surface area contributed by atoms with E-state index in [1.54, 1.807) is 24.1 Å². The quantitative estimate of drug-likeness (QED) is 0.733. The Balaban J connectivity index is 2.03. The Hall–Kier alpha value is -1.93. The molecule has 7 nitrogen and oxygen atoms in total. The summed E-state index contributed by atoms with van der Waals surface area (Å²) in [7, 11) is -1.90. The van der Waals surface area contributed by atoms with Crippen molar-refractivity contribution < 1.29 is 18.0 Å². The third-order valence-electron chi connectivity index (χ3n) is 3.72. The first-order valence-corrected chi connectivity index (χ1v) is 8.93. The molecule has 1 heterocycles. The van der Waals surface area contributed by atoms with Crippen LogP contribution in [0.15, 0.2) is 23.1 Å². The van der Waals surface area contributed by atoms with Gasteiger partial charge in [-0.3, -0.25) is 9.59 Å². The lowest BCUT2D eigenvalue weighted by Crippen LogP contribution is -2.32. The van der Waals surface area contributed by atoms with Crippen molar-refractivity contribution in [2.45, 2.75) is 31.1 Å². The molecule has 0 unspecified atom stereocenters. The Morgan fingerprint density at radius 2 is 2.00 bits per heavy atom. The molecule has 0 fully saturated rings. The van der Waals surface area contributed by atoms with Gasteiger partial charge in [0.2, 0.25) is 21.8 Å². The maximum absolute atomic E-state index is 12.3. The zero-order chi connectivity index (χ0) is 17.0. The van der Waals surface area contributed by atoms with Gasteiger partial charge in [0.05, 0.1) is 4.90 Å². The maximum atomic E-state index is 12.3. The number of hydrogen-bond acceptors (Lipinski definition) is 4. The molecular weight excluding hydrogens is 318 g/mol. The van der Waals surface area contributed by atoms with Gasteiger partial charge in [0.25, 0.3) is 0 Å². The second-order valence-corrected chi connectivity index (χ2v) is 7.24. The first kappa shape index (κ1) is 17.4. The van der Waals surface area contributed by atoms with Crippen LogP contribution in [0, 0.1) is 0 Å². The summed E-state index contributed by atoms with van der Waals surface area (Å²) >= 11 is 0. The van der Waals surface area contributed by atoms with E-state index in [9.17, 15) is 18.0 Å². The summed E-state index contributed by atoms with van der Waals surface area (Å²) in [6.45, 7) is 2.09. The molecule has 0 aromatic heterocycles. The highest BCUT2D eigenvalue weighted by Crippen LogP contribution is 2.28. The average Bonchev–Trinajstić information content (AvgIpc) is 2.50. The molecule has 0 radical (unpaired) electrons. The molecule has 1 aromatic rings. The summed E-state index contributed by atoms with van der Waals surface area (Å²) < 4.78 is 27.1. The normalized spacial score (nSPS) is 14.5. The fourth-order valence-electron chi connectivity index (χ4n) is 2.44. The summed E-state index contributed by atoms with van der Waals surface area (Å²) in [5.41, 5.74) is 1.61. The molecule has 8 heteroatoms. The van der Waals surface area contributed by atoms with E-state index < -0.39 is 10.0 Å². The number of carbonyl (C=O) groups excluding carboxylic acids is 2. The number of fused-ring (bicyclic) bond motifs is 1. The van der Waals surface area contributed by atoms with Crippen molar-refractivity contribution in [1.29, 1.82) is 0 Å². The van der Waals surface area contributed by atoms with Gasteiger partial charge in [0.1, 0.15) is 0 Å². The molecule has 0 aliphatic carbocycles. The van der Waals surface area contributed by atoms with E-state index in [1.807, 2.05) is 0 Å². The highest BCUT2D eigenvalue weighted by Gasteiger charge is 2.23. The molecule has 126 valence electrons. The van der Waals surface area contributed by atoms with Crippen molar-refractivity contribution in [2.24, 2.45) is 0 Å². The van der Waals surface area contributed by atoms with E-state index in [0.29, 0.717) is 25.8 Å². The average molecular weight is 339 g/mol. The van der Waals surface area contributed by atoms with Crippen molar-refractivity contribution >= 4 is 27.5 Å². The molecule has 2 N–H and O–H groups in total. The van der Waals surface area contributed by atoms with Crippen molar-refractivity contribution in [3.8, 4) is 0 Å². The minimum Gasteiger partial charge on any atom is -0.356 e. The molecule has 0 spiro atoms. The summed E-state index contributed by atoms with van der Waals surface area (Å²) in [5.74, 6) is -0.106. The first-order chi connectivity index (χ1) is 10.8. The number of rotatable bonds is 6. The minimum atomic E-state index is -3.59. The van der Waals surface area contributed by atoms with E-state index in [-0.39, 0.29) is 23.3 Å². The molecule has 23 heavy (non-hydrogen) atoms. The maximum Gasteiger partial charge on any atom is 0.240 e. The van der Waals surface area contributed by atoms with Crippen LogP contribution in [0.3, 0.4) is 0 Å². The van der Waals surface area contributed by atoms with Crippen LogP contribution >= 0.6 is 0 Å². The Labute approximate surface area is 136 Å². The number of hydrogen-bond donors (Lipinski definition) is 2. The SMILES string of the molecule is CC(=O)NCCCNS(=O)(=O)c1ccc2c(c1)CCC(=O)N2C. The number of anilines is 1. The van der Waals surface area contributed by atoms with Gasteiger partial charge in [-0.05, 0) is 36.6 Å². The Kier molecular flexibility index (Phi) is 5.38. The van der Waals surface area contributed by atoms with Gasteiger partial charge in [0, 0.05) is 39.2 Å². The number of amides is 2. The first-order valence-electron chi connectivity index (χ1n) is 7.45. The molecule has 0 bridgehead atoms. The lowest BCUT2D eigenvalue weighted by molar-refractivity contribution is -0.119. The highest BCUT2D eigenvalue weighted by molar-refractivity contribution is 7.89. The van der Waals surface area contributed by atoms with E-state index >= 15 is 0 Å². The van der Waals surface area contributed by atoms with Gasteiger partial charge in [-0.1, -0.05) is 0 Å². The summed E-state index contributed by atoms with van der Waals surface area (Å²) in [4.78, 5) is 24.1. The van der Waals surface area contributed by atoms with Crippen molar-refractivity contribution in [2.75, 3.05) is 25.0 Å². The number of benzene rings is 1. The fourth-order valence-corrected chi connectivity index (χ4v) is 3.57. The molecule has 0 saturated carbocycles. The molecule has 1 aromatic carbocycles. The Morgan fingerprint density at radius 3 is 2.70 bits per heavy atom. The van der Waals surface area contributed by atoms with Crippen LogP contribution in [-0.4, -0.2) is 40.4 Å². The van der Waals surface area contributed by atoms with Gasteiger partial charge < -0.3 is 10.2 Å². The van der Waals surface area contributed by atoms with Crippen LogP contribution in [0.1, 0.15) is 25.3 Å². The fraction of sp³-hybridized carbons (Fsp3) is 0.467. The van der Waals surface area contributed by atoms with E-state index in [0.717, 1.165) is 11.3 Å². The molecule has 0 saturated heterocycles. The van der Waals surface area contributed by atoms with Crippen LogP contribution in [0.4, 0.5) is 5.69 Å². The van der Waals surface area contributed by atoms with Gasteiger partial charge in [0.15, 0.2) is 0 Å². The smallest absolute Gasteiger partial charge is 0.240 e.